The van der Waals surface area contributed by atoms with Gasteiger partial charge in [0.1, 0.15) is 17.4 Å². The average Bonchev–Trinajstić information content (AvgIpc) is 3.23. The summed E-state index contributed by atoms with van der Waals surface area (Å²) in [6, 6.07) is 12.0. The van der Waals surface area contributed by atoms with Crippen LogP contribution in [0.3, 0.4) is 0 Å². The Balaban J connectivity index is 1.86. The zero-order valence-corrected chi connectivity index (χ0v) is 17.6. The smallest absolute Gasteiger partial charge is 0.258 e. The van der Waals surface area contributed by atoms with Gasteiger partial charge >= 0.3 is 0 Å². The molecule has 6 heteroatoms. The summed E-state index contributed by atoms with van der Waals surface area (Å²) in [4.78, 5) is 13.6. The first-order valence-electron chi connectivity index (χ1n) is 10.4. The molecule has 0 amide bonds. The van der Waals surface area contributed by atoms with Gasteiger partial charge in [0.2, 0.25) is 5.88 Å². The largest absolute Gasteiger partial charge is 0.440 e. The first kappa shape index (κ1) is 20.2. The van der Waals surface area contributed by atoms with E-state index in [9.17, 15) is 10.1 Å². The van der Waals surface area contributed by atoms with Crippen LogP contribution < -0.4 is 16.0 Å². The highest BCUT2D eigenvalue weighted by molar-refractivity contribution is 5.55. The van der Waals surface area contributed by atoms with E-state index in [-0.39, 0.29) is 23.1 Å². The number of aryl methyl sites for hydroxylation is 1. The summed E-state index contributed by atoms with van der Waals surface area (Å²) in [5, 5.41) is 9.81. The number of fused-ring (bicyclic) bond motifs is 1. The number of nitrogens with two attached hydrogens (primary N) is 1. The number of nitrogens with zero attached hydrogens (tertiary/aromatic N) is 2. The van der Waals surface area contributed by atoms with Crippen LogP contribution in [0.2, 0.25) is 0 Å². The second kappa shape index (κ2) is 8.00. The standard InChI is InChI=1S/C24H27N3O3/c1-14(2)16-6-8-17(9-7-16)21-19(12-25)23(26)30-20-11-15(3)27(24(28)22(20)21)13-18-5-4-10-29-18/h6-9,11,14,18,21H,4-5,10,13,26H2,1-3H3/t18-,21+/m1/s1. The van der Waals surface area contributed by atoms with Crippen molar-refractivity contribution in [1.29, 1.82) is 5.26 Å². The van der Waals surface area contributed by atoms with E-state index in [0.29, 0.717) is 23.8 Å². The number of hydrogen-bond donors (Lipinski definition) is 1. The Morgan fingerprint density at radius 2 is 2.03 bits per heavy atom. The third kappa shape index (κ3) is 3.50. The molecule has 3 heterocycles. The summed E-state index contributed by atoms with van der Waals surface area (Å²) >= 11 is 0. The van der Waals surface area contributed by atoms with E-state index >= 15 is 0 Å². The molecule has 2 aliphatic rings. The zero-order chi connectivity index (χ0) is 21.4. The summed E-state index contributed by atoms with van der Waals surface area (Å²) in [6.45, 7) is 7.37. The Kier molecular flexibility index (Phi) is 5.40. The number of allylic oxidation sites excluding steroid dienone is 1. The molecule has 1 saturated heterocycles. The molecule has 2 atom stereocenters. The van der Waals surface area contributed by atoms with Crippen LogP contribution in [0.15, 0.2) is 46.6 Å². The Bertz CT molecular complexity index is 1080. The van der Waals surface area contributed by atoms with E-state index in [1.54, 1.807) is 4.57 Å². The molecule has 4 rings (SSSR count). The van der Waals surface area contributed by atoms with Gasteiger partial charge in [-0.15, -0.1) is 0 Å². The first-order chi connectivity index (χ1) is 14.4. The molecule has 0 saturated carbocycles. The van der Waals surface area contributed by atoms with Gasteiger partial charge in [0.05, 0.1) is 24.1 Å². The van der Waals surface area contributed by atoms with E-state index in [4.69, 9.17) is 15.2 Å². The van der Waals surface area contributed by atoms with Crippen LogP contribution in [-0.2, 0) is 11.3 Å². The molecule has 2 aromatic rings. The number of hydrogen-bond acceptors (Lipinski definition) is 5. The van der Waals surface area contributed by atoms with Crippen LogP contribution in [0.1, 0.15) is 60.9 Å². The van der Waals surface area contributed by atoms with E-state index in [2.05, 4.69) is 19.9 Å². The molecule has 1 fully saturated rings. The van der Waals surface area contributed by atoms with Gasteiger partial charge in [0, 0.05) is 18.4 Å². The number of ether oxygens (including phenoxy) is 2. The quantitative estimate of drug-likeness (QED) is 0.838. The monoisotopic (exact) mass is 405 g/mol. The van der Waals surface area contributed by atoms with Crippen LogP contribution in [-0.4, -0.2) is 17.3 Å². The predicted octanol–water partition coefficient (Wildman–Crippen LogP) is 3.68. The van der Waals surface area contributed by atoms with Crippen LogP contribution in [0.5, 0.6) is 5.75 Å². The van der Waals surface area contributed by atoms with Crippen molar-refractivity contribution in [3.63, 3.8) is 0 Å². The third-order valence-corrected chi connectivity index (χ3v) is 6.04. The van der Waals surface area contributed by atoms with E-state index in [1.807, 2.05) is 37.3 Å². The molecule has 2 N–H and O–H groups in total. The van der Waals surface area contributed by atoms with E-state index in [1.165, 1.54) is 5.56 Å². The zero-order valence-electron chi connectivity index (χ0n) is 17.6. The van der Waals surface area contributed by atoms with Gasteiger partial charge in [0.25, 0.3) is 5.56 Å². The highest BCUT2D eigenvalue weighted by Gasteiger charge is 2.34. The molecular formula is C24H27N3O3. The minimum Gasteiger partial charge on any atom is -0.440 e. The Hall–Kier alpha value is -3.04. The van der Waals surface area contributed by atoms with Crippen LogP contribution in [0.4, 0.5) is 0 Å². The maximum atomic E-state index is 13.6. The van der Waals surface area contributed by atoms with Gasteiger partial charge in [-0.3, -0.25) is 4.79 Å². The third-order valence-electron chi connectivity index (χ3n) is 6.04. The molecule has 1 aromatic carbocycles. The van der Waals surface area contributed by atoms with Crippen molar-refractivity contribution in [1.82, 2.24) is 4.57 Å². The lowest BCUT2D eigenvalue weighted by Gasteiger charge is -2.28. The SMILES string of the molecule is Cc1cc2c(c(=O)n1C[C@H]1CCCO1)[C@@H](c1ccc(C(C)C)cc1)C(C#N)=C(N)O2. The fourth-order valence-electron chi connectivity index (χ4n) is 4.31. The Morgan fingerprint density at radius 3 is 2.63 bits per heavy atom. The minimum atomic E-state index is -0.552. The van der Waals surface area contributed by atoms with Crippen molar-refractivity contribution in [3.05, 3.63) is 74.5 Å². The van der Waals surface area contributed by atoms with Gasteiger partial charge < -0.3 is 19.8 Å². The summed E-state index contributed by atoms with van der Waals surface area (Å²) in [7, 11) is 0. The van der Waals surface area contributed by atoms with Crippen molar-refractivity contribution < 1.29 is 9.47 Å². The molecule has 0 bridgehead atoms. The number of rotatable bonds is 4. The van der Waals surface area contributed by atoms with Gasteiger partial charge in [-0.25, -0.2) is 0 Å². The van der Waals surface area contributed by atoms with Crippen molar-refractivity contribution in [2.75, 3.05) is 6.61 Å². The molecule has 30 heavy (non-hydrogen) atoms. The highest BCUT2D eigenvalue weighted by Crippen LogP contribution is 2.40. The fourth-order valence-corrected chi connectivity index (χ4v) is 4.31. The summed E-state index contributed by atoms with van der Waals surface area (Å²) in [6.07, 6.45) is 1.98. The Labute approximate surface area is 176 Å². The van der Waals surface area contributed by atoms with Crippen molar-refractivity contribution in [3.8, 4) is 11.8 Å². The molecule has 0 aliphatic carbocycles. The molecule has 0 spiro atoms. The molecule has 0 unspecified atom stereocenters. The van der Waals surface area contributed by atoms with Crippen molar-refractivity contribution >= 4 is 0 Å². The molecule has 0 radical (unpaired) electrons. The molecule has 6 nitrogen and oxygen atoms in total. The maximum absolute atomic E-state index is 13.6. The van der Waals surface area contributed by atoms with Crippen molar-refractivity contribution in [2.24, 2.45) is 5.73 Å². The lowest BCUT2D eigenvalue weighted by molar-refractivity contribution is 0.0955. The van der Waals surface area contributed by atoms with Gasteiger partial charge in [0.15, 0.2) is 0 Å². The number of pyridine rings is 1. The number of nitriles is 1. The second-order valence-electron chi connectivity index (χ2n) is 8.36. The summed E-state index contributed by atoms with van der Waals surface area (Å²) in [5.74, 6) is 0.321. The van der Waals surface area contributed by atoms with Gasteiger partial charge in [-0.05, 0) is 36.8 Å². The first-order valence-corrected chi connectivity index (χ1v) is 10.4. The molecule has 156 valence electrons. The highest BCUT2D eigenvalue weighted by atomic mass is 16.5. The Morgan fingerprint density at radius 1 is 1.30 bits per heavy atom. The summed E-state index contributed by atoms with van der Waals surface area (Å²) in [5.41, 5.74) is 9.50. The lowest BCUT2D eigenvalue weighted by atomic mass is 9.83. The second-order valence-corrected chi connectivity index (χ2v) is 8.36. The van der Waals surface area contributed by atoms with E-state index < -0.39 is 5.92 Å². The van der Waals surface area contributed by atoms with Crippen LogP contribution in [0.25, 0.3) is 0 Å². The van der Waals surface area contributed by atoms with Crippen LogP contribution >= 0.6 is 0 Å². The minimum absolute atomic E-state index is 0.0313. The topological polar surface area (TPSA) is 90.3 Å². The number of benzene rings is 1. The van der Waals surface area contributed by atoms with Gasteiger partial charge in [-0.2, -0.15) is 5.26 Å². The predicted molar refractivity (Wildman–Crippen MR) is 114 cm³/mol. The van der Waals surface area contributed by atoms with E-state index in [0.717, 1.165) is 30.7 Å². The lowest BCUT2D eigenvalue weighted by Crippen LogP contribution is -2.35. The molecular weight excluding hydrogens is 378 g/mol. The van der Waals surface area contributed by atoms with Gasteiger partial charge in [-0.1, -0.05) is 38.1 Å². The maximum Gasteiger partial charge on any atom is 0.258 e. The average molecular weight is 405 g/mol. The van der Waals surface area contributed by atoms with Crippen molar-refractivity contribution in [2.45, 2.75) is 58.1 Å². The molecule has 1 aromatic heterocycles. The van der Waals surface area contributed by atoms with Crippen LogP contribution in [0, 0.1) is 18.3 Å². The normalized spacial score (nSPS) is 20.8. The molecule has 2 aliphatic heterocycles. The number of aromatic nitrogens is 1. The fraction of sp³-hybridized carbons (Fsp3) is 0.417. The summed E-state index contributed by atoms with van der Waals surface area (Å²) < 4.78 is 13.2.